The lowest BCUT2D eigenvalue weighted by Gasteiger charge is -2.39. The second-order valence-corrected chi connectivity index (χ2v) is 8.24. The third-order valence-corrected chi connectivity index (χ3v) is 6.28. The van der Waals surface area contributed by atoms with Crippen molar-refractivity contribution in [1.82, 2.24) is 19.8 Å². The number of pyridine rings is 2. The second-order valence-electron chi connectivity index (χ2n) is 8.24. The molecule has 0 radical (unpaired) electrons. The molecule has 5 rings (SSSR count). The number of aliphatic hydroxyl groups excluding tert-OH is 1. The second kappa shape index (κ2) is 8.18. The number of hydrogen-bond acceptors (Lipinski definition) is 6. The molecular weight excluding hydrogens is 378 g/mol. The average Bonchev–Trinajstić information content (AvgIpc) is 3.14. The molecule has 2 aliphatic rings. The molecule has 0 amide bonds. The largest absolute Gasteiger partial charge is 0.390 e. The predicted molar refractivity (Wildman–Crippen MR) is 118 cm³/mol. The number of rotatable bonds is 4. The van der Waals surface area contributed by atoms with Crippen molar-refractivity contribution in [2.24, 2.45) is 0 Å². The van der Waals surface area contributed by atoms with Crippen molar-refractivity contribution < 1.29 is 5.11 Å². The number of aromatic nitrogens is 2. The summed E-state index contributed by atoms with van der Waals surface area (Å²) in [5, 5.41) is 11.4. The first-order valence-electron chi connectivity index (χ1n) is 10.6. The van der Waals surface area contributed by atoms with Gasteiger partial charge in [0.25, 0.3) is 0 Å². The molecule has 0 bridgehead atoms. The van der Waals surface area contributed by atoms with Crippen LogP contribution >= 0.6 is 0 Å². The number of nitrogens with zero attached hydrogens (tertiary/aromatic N) is 4. The van der Waals surface area contributed by atoms with Gasteiger partial charge in [0, 0.05) is 80.7 Å². The molecule has 2 saturated heterocycles. The van der Waals surface area contributed by atoms with Gasteiger partial charge in [0.1, 0.15) is 5.82 Å². The SMILES string of the molecule is O=c1cc(CN2C[C@H](O)[C@@H](N3CCN(c4ccccn4)CC3)C2)[nH]c2ccccc12. The zero-order valence-electron chi connectivity index (χ0n) is 16.9. The summed E-state index contributed by atoms with van der Waals surface area (Å²) in [6.07, 6.45) is 1.45. The van der Waals surface area contributed by atoms with E-state index in [0.717, 1.165) is 49.8 Å². The Morgan fingerprint density at radius 3 is 2.63 bits per heavy atom. The number of benzene rings is 1. The van der Waals surface area contributed by atoms with Gasteiger partial charge in [-0.15, -0.1) is 0 Å². The third kappa shape index (κ3) is 3.84. The number of anilines is 1. The van der Waals surface area contributed by atoms with Crippen LogP contribution in [0.2, 0.25) is 0 Å². The fourth-order valence-electron chi connectivity index (χ4n) is 4.74. The minimum absolute atomic E-state index is 0.0429. The highest BCUT2D eigenvalue weighted by Gasteiger charge is 2.36. The number of aliphatic hydroxyl groups is 1. The summed E-state index contributed by atoms with van der Waals surface area (Å²) in [7, 11) is 0. The van der Waals surface area contributed by atoms with Crippen molar-refractivity contribution in [2.45, 2.75) is 18.7 Å². The van der Waals surface area contributed by atoms with Gasteiger partial charge in [-0.2, -0.15) is 0 Å². The van der Waals surface area contributed by atoms with Crippen LogP contribution in [0.25, 0.3) is 10.9 Å². The number of hydrogen-bond donors (Lipinski definition) is 2. The van der Waals surface area contributed by atoms with Gasteiger partial charge in [0.2, 0.25) is 0 Å². The fraction of sp³-hybridized carbons (Fsp3) is 0.391. The van der Waals surface area contributed by atoms with Crippen LogP contribution in [0.1, 0.15) is 5.69 Å². The Morgan fingerprint density at radius 1 is 1.03 bits per heavy atom. The van der Waals surface area contributed by atoms with E-state index in [1.807, 2.05) is 48.7 Å². The number of nitrogens with one attached hydrogen (secondary N) is 1. The van der Waals surface area contributed by atoms with Gasteiger partial charge in [-0.25, -0.2) is 4.98 Å². The van der Waals surface area contributed by atoms with Crippen LogP contribution in [-0.4, -0.2) is 76.3 Å². The van der Waals surface area contributed by atoms with Crippen LogP contribution in [0.3, 0.4) is 0 Å². The monoisotopic (exact) mass is 405 g/mol. The minimum Gasteiger partial charge on any atom is -0.390 e. The first-order chi connectivity index (χ1) is 14.7. The lowest BCUT2D eigenvalue weighted by Crippen LogP contribution is -2.53. The summed E-state index contributed by atoms with van der Waals surface area (Å²) in [4.78, 5) is 27.2. The van der Waals surface area contributed by atoms with Gasteiger partial charge in [0.15, 0.2) is 5.43 Å². The van der Waals surface area contributed by atoms with Crippen molar-refractivity contribution >= 4 is 16.7 Å². The number of H-pyrrole nitrogens is 1. The van der Waals surface area contributed by atoms with E-state index in [-0.39, 0.29) is 17.6 Å². The van der Waals surface area contributed by atoms with E-state index in [2.05, 4.69) is 24.7 Å². The smallest absolute Gasteiger partial charge is 0.189 e. The summed E-state index contributed by atoms with van der Waals surface area (Å²) in [5.74, 6) is 1.02. The van der Waals surface area contributed by atoms with Crippen LogP contribution < -0.4 is 10.3 Å². The predicted octanol–water partition coefficient (Wildman–Crippen LogP) is 1.29. The molecule has 2 fully saturated rings. The van der Waals surface area contributed by atoms with Gasteiger partial charge in [0.05, 0.1) is 6.10 Å². The highest BCUT2D eigenvalue weighted by Crippen LogP contribution is 2.21. The highest BCUT2D eigenvalue weighted by atomic mass is 16.3. The molecular formula is C23H27N5O2. The number of para-hydroxylation sites is 1. The molecule has 0 aliphatic carbocycles. The van der Waals surface area contributed by atoms with Crippen LogP contribution in [0.15, 0.2) is 59.5 Å². The molecule has 0 spiro atoms. The Balaban J connectivity index is 1.22. The minimum atomic E-state index is -0.376. The van der Waals surface area contributed by atoms with Crippen LogP contribution in [-0.2, 0) is 6.54 Å². The molecule has 7 nitrogen and oxygen atoms in total. The number of likely N-dealkylation sites (tertiary alicyclic amines) is 1. The Labute approximate surface area is 175 Å². The standard InChI is InChI=1S/C23H27N5O2/c29-21-13-17(25-19-6-2-1-5-18(19)21)14-26-15-20(22(30)16-26)27-9-11-28(12-10-27)23-7-3-4-8-24-23/h1-8,13,20,22,30H,9-12,14-16H2,(H,25,29)/t20-,22-/m0/s1. The molecule has 30 heavy (non-hydrogen) atoms. The van der Waals surface area contributed by atoms with Crippen molar-refractivity contribution in [3.05, 3.63) is 70.6 Å². The van der Waals surface area contributed by atoms with Crippen LogP contribution in [0.5, 0.6) is 0 Å². The molecule has 2 atom stereocenters. The molecule has 3 aromatic rings. The first kappa shape index (κ1) is 19.2. The van der Waals surface area contributed by atoms with Gasteiger partial charge in [-0.1, -0.05) is 18.2 Å². The molecule has 2 aromatic heterocycles. The Morgan fingerprint density at radius 2 is 1.83 bits per heavy atom. The van der Waals surface area contributed by atoms with Crippen LogP contribution in [0.4, 0.5) is 5.82 Å². The lowest BCUT2D eigenvalue weighted by atomic mass is 10.1. The zero-order chi connectivity index (χ0) is 20.5. The lowest BCUT2D eigenvalue weighted by molar-refractivity contribution is 0.0790. The molecule has 2 aliphatic heterocycles. The van der Waals surface area contributed by atoms with Gasteiger partial charge in [-0.3, -0.25) is 14.6 Å². The zero-order valence-corrected chi connectivity index (χ0v) is 16.9. The van der Waals surface area contributed by atoms with Gasteiger partial charge < -0.3 is 15.0 Å². The summed E-state index contributed by atoms with van der Waals surface area (Å²) in [6.45, 7) is 5.73. The van der Waals surface area contributed by atoms with Crippen molar-refractivity contribution in [3.63, 3.8) is 0 Å². The summed E-state index contributed by atoms with van der Waals surface area (Å²) in [5.41, 5.74) is 1.80. The average molecular weight is 406 g/mol. The van der Waals surface area contributed by atoms with E-state index in [1.54, 1.807) is 6.07 Å². The molecule has 1 aromatic carbocycles. The maximum atomic E-state index is 12.4. The molecule has 7 heteroatoms. The molecule has 0 saturated carbocycles. The van der Waals surface area contributed by atoms with E-state index < -0.39 is 0 Å². The number of piperazine rings is 1. The van der Waals surface area contributed by atoms with E-state index in [9.17, 15) is 9.90 Å². The van der Waals surface area contributed by atoms with E-state index in [1.165, 1.54) is 0 Å². The van der Waals surface area contributed by atoms with Crippen molar-refractivity contribution in [1.29, 1.82) is 0 Å². The Kier molecular flexibility index (Phi) is 5.25. The van der Waals surface area contributed by atoms with Crippen molar-refractivity contribution in [3.8, 4) is 0 Å². The summed E-state index contributed by atoms with van der Waals surface area (Å²) in [6, 6.07) is 15.4. The maximum absolute atomic E-state index is 12.4. The molecule has 0 unspecified atom stereocenters. The van der Waals surface area contributed by atoms with Crippen LogP contribution in [0, 0.1) is 0 Å². The number of fused-ring (bicyclic) bond motifs is 1. The van der Waals surface area contributed by atoms with Gasteiger partial charge in [-0.05, 0) is 24.3 Å². The molecule has 156 valence electrons. The molecule has 4 heterocycles. The third-order valence-electron chi connectivity index (χ3n) is 6.28. The summed E-state index contributed by atoms with van der Waals surface area (Å²) < 4.78 is 0. The molecule has 2 N–H and O–H groups in total. The fourth-order valence-corrected chi connectivity index (χ4v) is 4.74. The quantitative estimate of drug-likeness (QED) is 0.681. The first-order valence-corrected chi connectivity index (χ1v) is 10.6. The number of aromatic amines is 1. The number of β-amino-alcohol motifs (C(OH)–C–C–N with tert-alkyl or cyclic N) is 1. The Hall–Kier alpha value is -2.74. The maximum Gasteiger partial charge on any atom is 0.189 e. The van der Waals surface area contributed by atoms with E-state index in [4.69, 9.17) is 0 Å². The van der Waals surface area contributed by atoms with E-state index >= 15 is 0 Å². The summed E-state index contributed by atoms with van der Waals surface area (Å²) >= 11 is 0. The van der Waals surface area contributed by atoms with Gasteiger partial charge >= 0.3 is 0 Å². The Bertz CT molecular complexity index is 1060. The topological polar surface area (TPSA) is 75.7 Å². The normalized spacial score (nSPS) is 23.3. The van der Waals surface area contributed by atoms with E-state index in [0.29, 0.717) is 18.5 Å². The van der Waals surface area contributed by atoms with Crippen molar-refractivity contribution in [2.75, 3.05) is 44.2 Å². The highest BCUT2D eigenvalue weighted by molar-refractivity contribution is 5.78.